The summed E-state index contributed by atoms with van der Waals surface area (Å²) in [6, 6.07) is 8.66. The third kappa shape index (κ3) is 2.45. The lowest BCUT2D eigenvalue weighted by atomic mass is 9.94. The smallest absolute Gasteiger partial charge is 0.125 e. The van der Waals surface area contributed by atoms with E-state index in [9.17, 15) is 5.11 Å². The molecule has 3 heterocycles. The Morgan fingerprint density at radius 1 is 1.05 bits per heavy atom. The van der Waals surface area contributed by atoms with Crippen molar-refractivity contribution in [2.45, 2.75) is 37.5 Å². The van der Waals surface area contributed by atoms with Crippen molar-refractivity contribution >= 4 is 0 Å². The number of para-hydroxylation sites is 1. The highest BCUT2D eigenvalue weighted by molar-refractivity contribution is 5.37. The fourth-order valence-electron chi connectivity index (χ4n) is 4.12. The summed E-state index contributed by atoms with van der Waals surface area (Å²) in [4.78, 5) is 5.08. The Balaban J connectivity index is 1.50. The zero-order chi connectivity index (χ0) is 14.2. The molecular formula is C17H24N2O2. The highest BCUT2D eigenvalue weighted by atomic mass is 16.5. The summed E-state index contributed by atoms with van der Waals surface area (Å²) in [6.45, 7) is 5.11. The lowest BCUT2D eigenvalue weighted by molar-refractivity contribution is -0.0402. The molecule has 3 aliphatic heterocycles. The fraction of sp³-hybridized carbons (Fsp3) is 0.647. The molecule has 3 unspecified atom stereocenters. The van der Waals surface area contributed by atoms with E-state index in [1.807, 2.05) is 24.3 Å². The molecule has 0 amide bonds. The summed E-state index contributed by atoms with van der Waals surface area (Å²) in [7, 11) is 0. The van der Waals surface area contributed by atoms with Gasteiger partial charge in [-0.2, -0.15) is 0 Å². The quantitative estimate of drug-likeness (QED) is 0.852. The molecule has 3 atom stereocenters. The molecule has 0 spiro atoms. The van der Waals surface area contributed by atoms with Crippen LogP contribution in [0.4, 0.5) is 0 Å². The molecule has 0 radical (unpaired) electrons. The molecule has 2 fully saturated rings. The van der Waals surface area contributed by atoms with E-state index in [-0.39, 0.29) is 6.04 Å². The molecular weight excluding hydrogens is 264 g/mol. The molecule has 4 rings (SSSR count). The number of aliphatic hydroxyl groups is 1. The van der Waals surface area contributed by atoms with Gasteiger partial charge in [0.15, 0.2) is 0 Å². The zero-order valence-corrected chi connectivity index (χ0v) is 12.4. The van der Waals surface area contributed by atoms with Crippen LogP contribution in [0, 0.1) is 0 Å². The van der Waals surface area contributed by atoms with E-state index in [4.69, 9.17) is 4.74 Å². The molecule has 2 saturated heterocycles. The maximum Gasteiger partial charge on any atom is 0.125 e. The Labute approximate surface area is 126 Å². The Bertz CT molecular complexity index is 507. The van der Waals surface area contributed by atoms with E-state index in [0.717, 1.165) is 30.9 Å². The Hall–Kier alpha value is -1.10. The second kappa shape index (κ2) is 5.59. The first kappa shape index (κ1) is 13.6. The van der Waals surface area contributed by atoms with E-state index in [0.29, 0.717) is 12.6 Å². The lowest BCUT2D eigenvalue weighted by Gasteiger charge is -2.48. The number of rotatable bonds is 1. The highest BCUT2D eigenvalue weighted by Crippen LogP contribution is 2.35. The van der Waals surface area contributed by atoms with Crippen LogP contribution < -0.4 is 4.74 Å². The normalized spacial score (nSPS) is 33.9. The minimum atomic E-state index is -0.426. The molecule has 0 aliphatic carbocycles. The van der Waals surface area contributed by atoms with E-state index in [2.05, 4.69) is 9.80 Å². The van der Waals surface area contributed by atoms with Gasteiger partial charge in [-0.25, -0.2) is 0 Å². The highest BCUT2D eigenvalue weighted by Gasteiger charge is 2.38. The van der Waals surface area contributed by atoms with Crippen molar-refractivity contribution in [3.05, 3.63) is 29.8 Å². The Kier molecular flexibility index (Phi) is 3.61. The number of hydrogen-bond acceptors (Lipinski definition) is 4. The van der Waals surface area contributed by atoms with Crippen LogP contribution in [0.1, 0.15) is 30.9 Å². The first-order chi connectivity index (χ1) is 10.3. The third-order valence-electron chi connectivity index (χ3n) is 5.35. The Morgan fingerprint density at radius 3 is 2.86 bits per heavy atom. The van der Waals surface area contributed by atoms with Gasteiger partial charge in [0, 0.05) is 31.2 Å². The van der Waals surface area contributed by atoms with E-state index in [1.54, 1.807) is 0 Å². The van der Waals surface area contributed by atoms with Gasteiger partial charge < -0.3 is 9.84 Å². The summed E-state index contributed by atoms with van der Waals surface area (Å²) in [6.07, 6.45) is 3.57. The van der Waals surface area contributed by atoms with Gasteiger partial charge in [-0.15, -0.1) is 0 Å². The molecule has 0 saturated carbocycles. The maximum absolute atomic E-state index is 10.7. The molecule has 3 aliphatic rings. The van der Waals surface area contributed by atoms with Gasteiger partial charge in [-0.05, 0) is 25.5 Å². The molecule has 0 bridgehead atoms. The number of piperidine rings is 1. The van der Waals surface area contributed by atoms with Crippen LogP contribution in [0.2, 0.25) is 0 Å². The first-order valence-electron chi connectivity index (χ1n) is 8.21. The lowest BCUT2D eigenvalue weighted by Crippen LogP contribution is -2.59. The molecule has 0 aromatic heterocycles. The Morgan fingerprint density at radius 2 is 1.90 bits per heavy atom. The van der Waals surface area contributed by atoms with Crippen LogP contribution in [-0.2, 0) is 0 Å². The molecule has 1 aromatic carbocycles. The monoisotopic (exact) mass is 288 g/mol. The first-order valence-corrected chi connectivity index (χ1v) is 8.21. The fourth-order valence-corrected chi connectivity index (χ4v) is 4.12. The van der Waals surface area contributed by atoms with Gasteiger partial charge in [-0.3, -0.25) is 9.80 Å². The van der Waals surface area contributed by atoms with Crippen LogP contribution in [0.15, 0.2) is 24.3 Å². The number of ether oxygens (including phenoxy) is 1. The predicted octanol–water partition coefficient (Wildman–Crippen LogP) is 1.65. The van der Waals surface area contributed by atoms with Gasteiger partial charge in [0.05, 0.1) is 6.04 Å². The topological polar surface area (TPSA) is 35.9 Å². The summed E-state index contributed by atoms with van der Waals surface area (Å²) < 4.78 is 5.88. The molecule has 4 heteroatoms. The van der Waals surface area contributed by atoms with Crippen LogP contribution >= 0.6 is 0 Å². The number of hydrogen-bond donors (Lipinski definition) is 1. The average molecular weight is 288 g/mol. The van der Waals surface area contributed by atoms with E-state index >= 15 is 0 Å². The number of benzene rings is 1. The van der Waals surface area contributed by atoms with Gasteiger partial charge >= 0.3 is 0 Å². The standard InChI is InChI=1S/C17H24N2O2/c20-17-14-6-1-2-7-16(14)21-12-15(17)19-10-9-18-8-4-3-5-13(18)11-19/h1-2,6-7,13,15,17,20H,3-5,8-12H2. The molecule has 1 aromatic rings. The van der Waals surface area contributed by atoms with Gasteiger partial charge in [0.1, 0.15) is 18.5 Å². The van der Waals surface area contributed by atoms with Crippen LogP contribution in [0.5, 0.6) is 5.75 Å². The molecule has 114 valence electrons. The number of piperazine rings is 1. The minimum absolute atomic E-state index is 0.101. The summed E-state index contributed by atoms with van der Waals surface area (Å²) in [5.74, 6) is 0.845. The van der Waals surface area contributed by atoms with Crippen molar-refractivity contribution in [2.75, 3.05) is 32.8 Å². The van der Waals surface area contributed by atoms with Crippen molar-refractivity contribution in [3.63, 3.8) is 0 Å². The summed E-state index contributed by atoms with van der Waals surface area (Å²) in [5.41, 5.74) is 0.944. The second-order valence-electron chi connectivity index (χ2n) is 6.54. The SMILES string of the molecule is OC1c2ccccc2OCC1N1CCN2CCCCC2C1. The van der Waals surface area contributed by atoms with E-state index in [1.165, 1.54) is 25.8 Å². The molecule has 4 nitrogen and oxygen atoms in total. The zero-order valence-electron chi connectivity index (χ0n) is 12.4. The predicted molar refractivity (Wildman–Crippen MR) is 81.5 cm³/mol. The number of fused-ring (bicyclic) bond motifs is 2. The summed E-state index contributed by atoms with van der Waals surface area (Å²) in [5, 5.41) is 10.7. The van der Waals surface area contributed by atoms with Gasteiger partial charge in [0.25, 0.3) is 0 Å². The number of aliphatic hydroxyl groups excluding tert-OH is 1. The minimum Gasteiger partial charge on any atom is -0.491 e. The van der Waals surface area contributed by atoms with Crippen LogP contribution in [0.25, 0.3) is 0 Å². The van der Waals surface area contributed by atoms with Crippen molar-refractivity contribution in [1.82, 2.24) is 9.80 Å². The number of nitrogens with zero attached hydrogens (tertiary/aromatic N) is 2. The molecule has 1 N–H and O–H groups in total. The average Bonchev–Trinajstić information content (AvgIpc) is 2.55. The van der Waals surface area contributed by atoms with E-state index < -0.39 is 6.10 Å². The largest absolute Gasteiger partial charge is 0.491 e. The van der Waals surface area contributed by atoms with Crippen LogP contribution in [0.3, 0.4) is 0 Å². The van der Waals surface area contributed by atoms with Crippen molar-refractivity contribution in [3.8, 4) is 5.75 Å². The molecule has 21 heavy (non-hydrogen) atoms. The third-order valence-corrected chi connectivity index (χ3v) is 5.35. The maximum atomic E-state index is 10.7. The van der Waals surface area contributed by atoms with Crippen LogP contribution in [-0.4, -0.2) is 59.8 Å². The van der Waals surface area contributed by atoms with Crippen molar-refractivity contribution in [2.24, 2.45) is 0 Å². The van der Waals surface area contributed by atoms with Gasteiger partial charge in [0.2, 0.25) is 0 Å². The summed E-state index contributed by atoms with van der Waals surface area (Å²) >= 11 is 0. The van der Waals surface area contributed by atoms with Crippen molar-refractivity contribution < 1.29 is 9.84 Å². The van der Waals surface area contributed by atoms with Gasteiger partial charge in [-0.1, -0.05) is 24.6 Å². The van der Waals surface area contributed by atoms with Crippen molar-refractivity contribution in [1.29, 1.82) is 0 Å². The second-order valence-corrected chi connectivity index (χ2v) is 6.54.